The van der Waals surface area contributed by atoms with Gasteiger partial charge in [-0.25, -0.2) is 0 Å². The number of methoxy groups -OCH3 is 1. The van der Waals surface area contributed by atoms with Gasteiger partial charge in [0, 0.05) is 25.1 Å². The topological polar surface area (TPSA) is 34.2 Å². The van der Waals surface area contributed by atoms with Crippen LogP contribution >= 0.6 is 0 Å². The van der Waals surface area contributed by atoms with Crippen LogP contribution in [-0.2, 0) is 10.9 Å². The molecule has 2 atom stereocenters. The number of likely N-dealkylation sites (N-methyl/N-ethyl adjacent to an activating group) is 1. The van der Waals surface area contributed by atoms with E-state index >= 15 is 0 Å². The molecule has 112 valence electrons. The number of ether oxygens (including phenoxy) is 1. The molecule has 2 rings (SSSR count). The molecule has 1 N–H and O–H groups in total. The Bertz CT molecular complexity index is 446. The van der Waals surface area contributed by atoms with Gasteiger partial charge in [-0.05, 0) is 31.4 Å². The molecular weight excluding hydrogens is 269 g/mol. The van der Waals surface area contributed by atoms with Crippen molar-refractivity contribution in [3.63, 3.8) is 0 Å². The van der Waals surface area contributed by atoms with Crippen molar-refractivity contribution in [2.24, 2.45) is 5.92 Å². The third-order valence-corrected chi connectivity index (χ3v) is 3.60. The minimum absolute atomic E-state index is 0.167. The van der Waals surface area contributed by atoms with E-state index in [0.717, 1.165) is 18.9 Å². The molecule has 0 radical (unpaired) electrons. The molecule has 1 aliphatic rings. The molecule has 20 heavy (non-hydrogen) atoms. The Kier molecular flexibility index (Phi) is 4.65. The van der Waals surface area contributed by atoms with Gasteiger partial charge in [0.1, 0.15) is 0 Å². The van der Waals surface area contributed by atoms with Gasteiger partial charge in [-0.2, -0.15) is 13.2 Å². The van der Waals surface area contributed by atoms with Gasteiger partial charge in [-0.15, -0.1) is 0 Å². The maximum Gasteiger partial charge on any atom is 0.416 e. The molecule has 1 fully saturated rings. The maximum atomic E-state index is 13.1. The fourth-order valence-electron chi connectivity index (χ4n) is 2.56. The molecule has 0 saturated heterocycles. The molecule has 0 amide bonds. The number of aromatic nitrogens is 1. The first-order valence-electron chi connectivity index (χ1n) is 6.76. The molecule has 6 heteroatoms. The van der Waals surface area contributed by atoms with E-state index in [9.17, 15) is 13.2 Å². The van der Waals surface area contributed by atoms with Crippen molar-refractivity contribution >= 4 is 0 Å². The summed E-state index contributed by atoms with van der Waals surface area (Å²) in [6, 6.07) is 0.544. The number of nitrogens with zero attached hydrogens (tertiary/aromatic N) is 1. The number of rotatable bonds is 6. The van der Waals surface area contributed by atoms with Crippen molar-refractivity contribution in [3.05, 3.63) is 29.6 Å². The summed E-state index contributed by atoms with van der Waals surface area (Å²) in [5.41, 5.74) is -0.471. The van der Waals surface area contributed by atoms with Crippen LogP contribution in [0, 0.1) is 5.92 Å². The van der Waals surface area contributed by atoms with E-state index in [4.69, 9.17) is 4.74 Å². The molecule has 0 spiro atoms. The Labute approximate surface area is 116 Å². The quantitative estimate of drug-likeness (QED) is 0.873. The zero-order chi connectivity index (χ0) is 14.8. The lowest BCUT2D eigenvalue weighted by Gasteiger charge is -2.29. The highest BCUT2D eigenvalue weighted by atomic mass is 19.4. The second-order valence-corrected chi connectivity index (χ2v) is 5.03. The molecule has 0 bridgehead atoms. The second kappa shape index (κ2) is 6.10. The predicted molar refractivity (Wildman–Crippen MR) is 69.2 cm³/mol. The fourth-order valence-corrected chi connectivity index (χ4v) is 2.56. The van der Waals surface area contributed by atoms with E-state index in [2.05, 4.69) is 10.3 Å². The summed E-state index contributed by atoms with van der Waals surface area (Å²) in [5, 5.41) is 3.12. The Morgan fingerprint density at radius 1 is 1.45 bits per heavy atom. The number of hydrogen-bond acceptors (Lipinski definition) is 3. The summed E-state index contributed by atoms with van der Waals surface area (Å²) in [6.07, 6.45) is -0.156. The van der Waals surface area contributed by atoms with Crippen LogP contribution in [0.4, 0.5) is 13.2 Å². The average molecular weight is 288 g/mol. The number of halogens is 3. The van der Waals surface area contributed by atoms with Crippen molar-refractivity contribution < 1.29 is 17.9 Å². The van der Waals surface area contributed by atoms with Gasteiger partial charge in [-0.3, -0.25) is 4.98 Å². The minimum atomic E-state index is -4.38. The Morgan fingerprint density at radius 2 is 2.15 bits per heavy atom. The van der Waals surface area contributed by atoms with Crippen molar-refractivity contribution in [1.82, 2.24) is 10.3 Å². The molecule has 1 aromatic heterocycles. The highest BCUT2D eigenvalue weighted by Crippen LogP contribution is 2.42. The number of hydrogen-bond donors (Lipinski definition) is 1. The van der Waals surface area contributed by atoms with E-state index < -0.39 is 17.8 Å². The van der Waals surface area contributed by atoms with Gasteiger partial charge in [0.25, 0.3) is 0 Å². The summed E-state index contributed by atoms with van der Waals surface area (Å²) in [6.45, 7) is 2.44. The molecule has 1 aromatic rings. The first-order valence-corrected chi connectivity index (χ1v) is 6.76. The normalized spacial score (nSPS) is 18.9. The number of pyridine rings is 1. The van der Waals surface area contributed by atoms with Crippen molar-refractivity contribution in [2.45, 2.75) is 38.1 Å². The summed E-state index contributed by atoms with van der Waals surface area (Å²) >= 11 is 0. The Hall–Kier alpha value is -1.14. The first kappa shape index (κ1) is 15.3. The number of alkyl halides is 3. The Morgan fingerprint density at radius 3 is 2.65 bits per heavy atom. The first-order chi connectivity index (χ1) is 9.49. The lowest BCUT2D eigenvalue weighted by atomic mass is 9.95. The van der Waals surface area contributed by atoms with Gasteiger partial charge >= 0.3 is 6.18 Å². The van der Waals surface area contributed by atoms with Crippen LogP contribution in [0.2, 0.25) is 0 Å². The molecule has 1 saturated carbocycles. The number of nitrogens with one attached hydrogen (secondary N) is 1. The average Bonchev–Trinajstić information content (AvgIpc) is 3.22. The lowest BCUT2D eigenvalue weighted by molar-refractivity contribution is -0.138. The highest BCUT2D eigenvalue weighted by Gasteiger charge is 2.41. The molecular formula is C14H19F3N2O. The van der Waals surface area contributed by atoms with Crippen LogP contribution in [-0.4, -0.2) is 24.7 Å². The van der Waals surface area contributed by atoms with Gasteiger partial charge < -0.3 is 10.1 Å². The molecule has 2 unspecified atom stereocenters. The van der Waals surface area contributed by atoms with Crippen LogP contribution in [0.1, 0.15) is 36.9 Å². The van der Waals surface area contributed by atoms with Crippen LogP contribution in [0.5, 0.6) is 0 Å². The molecule has 0 aromatic carbocycles. The van der Waals surface area contributed by atoms with Gasteiger partial charge in [0.2, 0.25) is 0 Å². The largest absolute Gasteiger partial charge is 0.416 e. The van der Waals surface area contributed by atoms with Gasteiger partial charge in [0.15, 0.2) is 0 Å². The summed E-state index contributed by atoms with van der Waals surface area (Å²) in [4.78, 5) is 3.86. The van der Waals surface area contributed by atoms with Crippen LogP contribution in [0.15, 0.2) is 18.5 Å². The summed E-state index contributed by atoms with van der Waals surface area (Å²) < 4.78 is 44.9. The third-order valence-electron chi connectivity index (χ3n) is 3.60. The Balaban J connectivity index is 2.38. The van der Waals surface area contributed by atoms with Crippen molar-refractivity contribution in [3.8, 4) is 0 Å². The fraction of sp³-hybridized carbons (Fsp3) is 0.643. The van der Waals surface area contributed by atoms with Crippen LogP contribution < -0.4 is 5.32 Å². The summed E-state index contributed by atoms with van der Waals surface area (Å²) in [5.74, 6) is 0.324. The summed E-state index contributed by atoms with van der Waals surface area (Å²) in [7, 11) is 1.55. The predicted octanol–water partition coefficient (Wildman–Crippen LogP) is 3.18. The van der Waals surface area contributed by atoms with Gasteiger partial charge in [-0.1, -0.05) is 6.92 Å². The molecule has 0 aliphatic heterocycles. The van der Waals surface area contributed by atoms with E-state index in [-0.39, 0.29) is 11.7 Å². The minimum Gasteiger partial charge on any atom is -0.379 e. The highest BCUT2D eigenvalue weighted by molar-refractivity contribution is 5.30. The van der Waals surface area contributed by atoms with Crippen molar-refractivity contribution in [2.75, 3.05) is 13.7 Å². The van der Waals surface area contributed by atoms with Crippen LogP contribution in [0.25, 0.3) is 0 Å². The van der Waals surface area contributed by atoms with Crippen LogP contribution in [0.3, 0.4) is 0 Å². The van der Waals surface area contributed by atoms with E-state index in [0.29, 0.717) is 12.5 Å². The molecule has 1 heterocycles. The standard InChI is InChI=1S/C14H19F3N2O/c1-3-19-12(13(20-2)9-4-5-9)10-8-18-7-6-11(10)14(15,16)17/h6-9,12-13,19H,3-5H2,1-2H3. The molecule has 3 nitrogen and oxygen atoms in total. The second-order valence-electron chi connectivity index (χ2n) is 5.03. The zero-order valence-electron chi connectivity index (χ0n) is 11.6. The van der Waals surface area contributed by atoms with E-state index in [1.54, 1.807) is 7.11 Å². The zero-order valence-corrected chi connectivity index (χ0v) is 11.6. The SMILES string of the molecule is CCNC(c1cnccc1C(F)(F)F)C(OC)C1CC1. The monoisotopic (exact) mass is 288 g/mol. The maximum absolute atomic E-state index is 13.1. The van der Waals surface area contributed by atoms with E-state index in [1.807, 2.05) is 6.92 Å². The smallest absolute Gasteiger partial charge is 0.379 e. The van der Waals surface area contributed by atoms with Gasteiger partial charge in [0.05, 0.1) is 17.7 Å². The molecule has 1 aliphatic carbocycles. The third kappa shape index (κ3) is 3.30. The lowest BCUT2D eigenvalue weighted by Crippen LogP contribution is -2.36. The van der Waals surface area contributed by atoms with Crippen molar-refractivity contribution in [1.29, 1.82) is 0 Å². The van der Waals surface area contributed by atoms with E-state index in [1.165, 1.54) is 12.4 Å².